The van der Waals surface area contributed by atoms with E-state index in [0.29, 0.717) is 0 Å². The molecule has 0 unspecified atom stereocenters. The monoisotopic (exact) mass is 233 g/mol. The zero-order valence-corrected chi connectivity index (χ0v) is 9.87. The quantitative estimate of drug-likeness (QED) is 0.779. The van der Waals surface area contributed by atoms with E-state index in [0.717, 1.165) is 24.8 Å². The van der Waals surface area contributed by atoms with Gasteiger partial charge in [0.2, 0.25) is 5.91 Å². The Kier molecular flexibility index (Phi) is 3.57. The van der Waals surface area contributed by atoms with E-state index < -0.39 is 0 Å². The molecule has 0 heterocycles. The lowest BCUT2D eigenvalue weighted by atomic mass is 9.93. The first-order valence-electron chi connectivity index (χ1n) is 5.89. The fourth-order valence-electron chi connectivity index (χ4n) is 2.00. The Bertz CT molecular complexity index is 454. The Morgan fingerprint density at radius 1 is 1.41 bits per heavy atom. The average molecular weight is 233 g/mol. The van der Waals surface area contributed by atoms with Crippen LogP contribution in [0.5, 0.6) is 0 Å². The van der Waals surface area contributed by atoms with Crippen LogP contribution in [0, 0.1) is 18.7 Å². The lowest BCUT2D eigenvalue weighted by Gasteiger charge is -2.17. The summed E-state index contributed by atoms with van der Waals surface area (Å²) in [6.07, 6.45) is 6.61. The van der Waals surface area contributed by atoms with Gasteiger partial charge >= 0.3 is 0 Å². The molecule has 1 atom stereocenters. The SMILES string of the molecule is Cc1ccc(F)c(NC(=O)[C@@H]2CC=CCC2)c1. The van der Waals surface area contributed by atoms with Gasteiger partial charge in [-0.3, -0.25) is 4.79 Å². The van der Waals surface area contributed by atoms with E-state index in [1.807, 2.05) is 13.0 Å². The third-order valence-electron chi connectivity index (χ3n) is 3.02. The highest BCUT2D eigenvalue weighted by atomic mass is 19.1. The van der Waals surface area contributed by atoms with Crippen molar-refractivity contribution in [3.63, 3.8) is 0 Å². The summed E-state index contributed by atoms with van der Waals surface area (Å²) in [7, 11) is 0. The average Bonchev–Trinajstić information content (AvgIpc) is 2.35. The van der Waals surface area contributed by atoms with Gasteiger partial charge in [0.15, 0.2) is 0 Å². The Labute approximate surface area is 101 Å². The third-order valence-corrected chi connectivity index (χ3v) is 3.02. The lowest BCUT2D eigenvalue weighted by molar-refractivity contribution is -0.120. The molecule has 0 fully saturated rings. The summed E-state index contributed by atoms with van der Waals surface area (Å²) < 4.78 is 13.5. The van der Waals surface area contributed by atoms with E-state index in [1.165, 1.54) is 6.07 Å². The number of halogens is 1. The van der Waals surface area contributed by atoms with Crippen molar-refractivity contribution in [2.75, 3.05) is 5.32 Å². The van der Waals surface area contributed by atoms with Crippen molar-refractivity contribution < 1.29 is 9.18 Å². The first-order chi connectivity index (χ1) is 8.16. The highest BCUT2D eigenvalue weighted by molar-refractivity contribution is 5.92. The number of hydrogen-bond acceptors (Lipinski definition) is 1. The summed E-state index contributed by atoms with van der Waals surface area (Å²) in [6, 6.07) is 4.73. The third kappa shape index (κ3) is 2.93. The molecule has 0 spiro atoms. The van der Waals surface area contributed by atoms with Crippen LogP contribution < -0.4 is 5.32 Å². The molecule has 0 radical (unpaired) electrons. The number of anilines is 1. The number of rotatable bonds is 2. The minimum Gasteiger partial charge on any atom is -0.323 e. The van der Waals surface area contributed by atoms with Crippen LogP contribution in [0.3, 0.4) is 0 Å². The zero-order valence-electron chi connectivity index (χ0n) is 9.87. The molecule has 0 aliphatic heterocycles. The minimum absolute atomic E-state index is 0.0279. The largest absolute Gasteiger partial charge is 0.323 e. The molecule has 1 aromatic rings. The number of carbonyl (C=O) groups excluding carboxylic acids is 1. The highest BCUT2D eigenvalue weighted by Crippen LogP contribution is 2.22. The molecule has 0 saturated heterocycles. The van der Waals surface area contributed by atoms with Gasteiger partial charge in [0.1, 0.15) is 5.82 Å². The topological polar surface area (TPSA) is 29.1 Å². The highest BCUT2D eigenvalue weighted by Gasteiger charge is 2.19. The summed E-state index contributed by atoms with van der Waals surface area (Å²) in [5.41, 5.74) is 1.22. The number of amides is 1. The lowest BCUT2D eigenvalue weighted by Crippen LogP contribution is -2.24. The van der Waals surface area contributed by atoms with Crippen LogP contribution in [0.15, 0.2) is 30.4 Å². The van der Waals surface area contributed by atoms with Gasteiger partial charge in [-0.15, -0.1) is 0 Å². The molecule has 0 saturated carbocycles. The van der Waals surface area contributed by atoms with Crippen LogP contribution in [-0.4, -0.2) is 5.91 Å². The molecule has 2 nitrogen and oxygen atoms in total. The van der Waals surface area contributed by atoms with Gasteiger partial charge in [-0.2, -0.15) is 0 Å². The maximum Gasteiger partial charge on any atom is 0.227 e. The fraction of sp³-hybridized carbons (Fsp3) is 0.357. The Hall–Kier alpha value is -1.64. The molecule has 1 N–H and O–H groups in total. The summed E-state index contributed by atoms with van der Waals surface area (Å²) in [5, 5.41) is 2.67. The van der Waals surface area contributed by atoms with Crippen LogP contribution in [0.2, 0.25) is 0 Å². The van der Waals surface area contributed by atoms with Gasteiger partial charge in [-0.05, 0) is 43.9 Å². The van der Waals surface area contributed by atoms with Crippen molar-refractivity contribution in [1.29, 1.82) is 0 Å². The van der Waals surface area contributed by atoms with E-state index in [2.05, 4.69) is 11.4 Å². The van der Waals surface area contributed by atoms with Crippen molar-refractivity contribution in [3.8, 4) is 0 Å². The molecular weight excluding hydrogens is 217 g/mol. The fourth-order valence-corrected chi connectivity index (χ4v) is 2.00. The van der Waals surface area contributed by atoms with Crippen molar-refractivity contribution >= 4 is 11.6 Å². The summed E-state index contributed by atoms with van der Waals surface area (Å²) >= 11 is 0. The van der Waals surface area contributed by atoms with E-state index >= 15 is 0 Å². The number of nitrogens with one attached hydrogen (secondary N) is 1. The molecule has 2 rings (SSSR count). The molecule has 1 aliphatic carbocycles. The van der Waals surface area contributed by atoms with E-state index in [4.69, 9.17) is 0 Å². The maximum atomic E-state index is 13.5. The van der Waals surface area contributed by atoms with Crippen molar-refractivity contribution in [3.05, 3.63) is 41.7 Å². The normalized spacial score (nSPS) is 19.1. The second kappa shape index (κ2) is 5.13. The molecule has 3 heteroatoms. The molecular formula is C14H16FNO. The van der Waals surface area contributed by atoms with Crippen LogP contribution >= 0.6 is 0 Å². The molecule has 90 valence electrons. The summed E-state index contributed by atoms with van der Waals surface area (Å²) in [5.74, 6) is -0.492. The van der Waals surface area contributed by atoms with E-state index in [9.17, 15) is 9.18 Å². The van der Waals surface area contributed by atoms with Crippen LogP contribution in [-0.2, 0) is 4.79 Å². The van der Waals surface area contributed by atoms with Crippen molar-refractivity contribution in [1.82, 2.24) is 0 Å². The van der Waals surface area contributed by atoms with Gasteiger partial charge in [-0.25, -0.2) is 4.39 Å². The zero-order chi connectivity index (χ0) is 12.3. The van der Waals surface area contributed by atoms with Gasteiger partial charge < -0.3 is 5.32 Å². The standard InChI is InChI=1S/C14H16FNO/c1-10-7-8-12(15)13(9-10)16-14(17)11-5-3-2-4-6-11/h2-3,7-9,11H,4-6H2,1H3,(H,16,17)/t11-/m1/s1. The van der Waals surface area contributed by atoms with Crippen molar-refractivity contribution in [2.45, 2.75) is 26.2 Å². The molecule has 1 aromatic carbocycles. The van der Waals surface area contributed by atoms with E-state index in [-0.39, 0.29) is 23.3 Å². The molecule has 0 bridgehead atoms. The predicted octanol–water partition coefficient (Wildman–Crippen LogP) is 3.43. The van der Waals surface area contributed by atoms with Crippen LogP contribution in [0.4, 0.5) is 10.1 Å². The number of benzene rings is 1. The Balaban J connectivity index is 2.07. The molecule has 1 amide bonds. The minimum atomic E-state index is -0.379. The van der Waals surface area contributed by atoms with Gasteiger partial charge in [0.05, 0.1) is 5.69 Å². The smallest absolute Gasteiger partial charge is 0.227 e. The first kappa shape index (κ1) is 11.8. The summed E-state index contributed by atoms with van der Waals surface area (Å²) in [6.45, 7) is 1.87. The number of hydrogen-bond donors (Lipinski definition) is 1. The van der Waals surface area contributed by atoms with E-state index in [1.54, 1.807) is 12.1 Å². The van der Waals surface area contributed by atoms with Crippen molar-refractivity contribution in [2.24, 2.45) is 5.92 Å². The Morgan fingerprint density at radius 2 is 2.24 bits per heavy atom. The predicted molar refractivity (Wildman–Crippen MR) is 66.2 cm³/mol. The molecule has 17 heavy (non-hydrogen) atoms. The second-order valence-electron chi connectivity index (χ2n) is 4.45. The first-order valence-corrected chi connectivity index (χ1v) is 5.89. The Morgan fingerprint density at radius 3 is 2.94 bits per heavy atom. The van der Waals surface area contributed by atoms with Gasteiger partial charge in [0.25, 0.3) is 0 Å². The van der Waals surface area contributed by atoms with Crippen LogP contribution in [0.1, 0.15) is 24.8 Å². The van der Waals surface area contributed by atoms with Gasteiger partial charge in [-0.1, -0.05) is 18.2 Å². The summed E-state index contributed by atoms with van der Waals surface area (Å²) in [4.78, 5) is 11.9. The molecule has 0 aromatic heterocycles. The maximum absolute atomic E-state index is 13.5. The molecule has 1 aliphatic rings. The second-order valence-corrected chi connectivity index (χ2v) is 4.45. The number of aryl methyl sites for hydroxylation is 1. The number of allylic oxidation sites excluding steroid dienone is 2. The van der Waals surface area contributed by atoms with Crippen LogP contribution in [0.25, 0.3) is 0 Å². The van der Waals surface area contributed by atoms with Gasteiger partial charge in [0, 0.05) is 5.92 Å². The number of carbonyl (C=O) groups is 1.